The highest BCUT2D eigenvalue weighted by Gasteiger charge is 2.40. The van der Waals surface area contributed by atoms with E-state index in [2.05, 4.69) is 20.9 Å². The summed E-state index contributed by atoms with van der Waals surface area (Å²) >= 11 is 0. The predicted molar refractivity (Wildman–Crippen MR) is 202 cm³/mol. The third-order valence-corrected chi connectivity index (χ3v) is 8.21. The van der Waals surface area contributed by atoms with Crippen LogP contribution in [0.3, 0.4) is 0 Å². The van der Waals surface area contributed by atoms with Gasteiger partial charge in [0.15, 0.2) is 0 Å². The molecule has 54 heavy (non-hydrogen) atoms. The van der Waals surface area contributed by atoms with Crippen LogP contribution in [0.25, 0.3) is 0 Å². The number of benzene rings is 1. The molecule has 0 radical (unpaired) electrons. The standard InChI is InChI=1S/C30H45N5O7.C8H15NO3/c1-29(2,3)41-27(39)31-15-7-8-17-34(18-10-16-32-28(40)42-30(4,5)6)22-12-9-11-20-21(22)19-35(26(20)38)23-13-14-24(36)33-25(23)37;1-8(2,3)9(7(11)12)5-4-6-10/h9,11-12,23H,7-8,10,13-19H2,1-6H3,(H,31,39)(H,32,40)(H,33,36,37);6H,4-5H2,1-3H3,(H,11,12). The van der Waals surface area contributed by atoms with Crippen LogP contribution in [0.2, 0.25) is 0 Å². The van der Waals surface area contributed by atoms with Gasteiger partial charge in [0.2, 0.25) is 11.8 Å². The zero-order valence-corrected chi connectivity index (χ0v) is 33.3. The highest BCUT2D eigenvalue weighted by molar-refractivity contribution is 6.06. The number of piperidine rings is 1. The second-order valence-corrected chi connectivity index (χ2v) is 16.2. The molecule has 1 aromatic carbocycles. The first-order valence-corrected chi connectivity index (χ1v) is 18.4. The summed E-state index contributed by atoms with van der Waals surface area (Å²) in [6.07, 6.45) is 1.64. The molecule has 0 aliphatic carbocycles. The molecule has 1 aromatic rings. The summed E-state index contributed by atoms with van der Waals surface area (Å²) in [5, 5.41) is 16.7. The number of nitrogens with zero attached hydrogens (tertiary/aromatic N) is 3. The van der Waals surface area contributed by atoms with Crippen molar-refractivity contribution in [3.63, 3.8) is 0 Å². The maximum atomic E-state index is 13.3. The molecule has 1 atom stereocenters. The molecule has 16 heteroatoms. The van der Waals surface area contributed by atoms with Gasteiger partial charge in [-0.3, -0.25) is 19.7 Å². The van der Waals surface area contributed by atoms with Crippen LogP contribution in [0.5, 0.6) is 0 Å². The fourth-order valence-corrected chi connectivity index (χ4v) is 5.82. The van der Waals surface area contributed by atoms with Gasteiger partial charge in [-0.05, 0) is 100 Å². The second kappa shape index (κ2) is 20.0. The summed E-state index contributed by atoms with van der Waals surface area (Å²) < 4.78 is 10.6. The van der Waals surface area contributed by atoms with Crippen molar-refractivity contribution in [2.45, 2.75) is 130 Å². The van der Waals surface area contributed by atoms with E-state index in [1.54, 1.807) is 52.5 Å². The molecule has 0 spiro atoms. The van der Waals surface area contributed by atoms with Gasteiger partial charge in [-0.2, -0.15) is 0 Å². The minimum atomic E-state index is -0.982. The molecule has 302 valence electrons. The third-order valence-electron chi connectivity index (χ3n) is 8.21. The highest BCUT2D eigenvalue weighted by atomic mass is 16.6. The van der Waals surface area contributed by atoms with Crippen molar-refractivity contribution >= 4 is 48.0 Å². The Labute approximate surface area is 318 Å². The van der Waals surface area contributed by atoms with Crippen LogP contribution < -0.4 is 20.9 Å². The molecule has 1 saturated heterocycles. The zero-order chi connectivity index (χ0) is 40.9. The second-order valence-electron chi connectivity index (χ2n) is 16.2. The van der Waals surface area contributed by atoms with E-state index < -0.39 is 47.0 Å². The van der Waals surface area contributed by atoms with E-state index in [1.807, 2.05) is 32.9 Å². The lowest BCUT2D eigenvalue weighted by molar-refractivity contribution is -0.137. The van der Waals surface area contributed by atoms with Crippen LogP contribution in [0.4, 0.5) is 20.1 Å². The molecule has 3 rings (SSSR count). The normalized spacial score (nSPS) is 15.6. The lowest BCUT2D eigenvalue weighted by Gasteiger charge is -2.32. The third kappa shape index (κ3) is 15.2. The number of hydrogen-bond acceptors (Lipinski definition) is 10. The number of aldehydes is 1. The lowest BCUT2D eigenvalue weighted by Crippen LogP contribution is -2.52. The Morgan fingerprint density at radius 3 is 1.98 bits per heavy atom. The number of alkyl carbamates (subject to hydrolysis) is 2. The van der Waals surface area contributed by atoms with Crippen LogP contribution in [0.15, 0.2) is 18.2 Å². The van der Waals surface area contributed by atoms with Crippen LogP contribution in [0.1, 0.15) is 117 Å². The molecular weight excluding hydrogens is 700 g/mol. The number of carbonyl (C=O) groups excluding carboxylic acids is 6. The van der Waals surface area contributed by atoms with E-state index in [-0.39, 0.29) is 37.7 Å². The number of ether oxygens (including phenoxy) is 2. The molecule has 6 amide bonds. The number of fused-ring (bicyclic) bond motifs is 1. The van der Waals surface area contributed by atoms with Crippen molar-refractivity contribution in [2.24, 2.45) is 0 Å². The smallest absolute Gasteiger partial charge is 0.407 e. The van der Waals surface area contributed by atoms with Crippen molar-refractivity contribution in [3.05, 3.63) is 29.3 Å². The van der Waals surface area contributed by atoms with E-state index in [0.717, 1.165) is 24.0 Å². The summed E-state index contributed by atoms with van der Waals surface area (Å²) in [4.78, 5) is 87.3. The van der Waals surface area contributed by atoms with Gasteiger partial charge in [0, 0.05) is 74.5 Å². The molecular formula is C38H60N6O10. The first kappa shape index (κ1) is 45.3. The summed E-state index contributed by atoms with van der Waals surface area (Å²) in [7, 11) is 0. The average Bonchev–Trinajstić information content (AvgIpc) is 3.36. The Morgan fingerprint density at radius 2 is 1.46 bits per heavy atom. The highest BCUT2D eigenvalue weighted by Crippen LogP contribution is 2.34. The Morgan fingerprint density at radius 1 is 0.889 bits per heavy atom. The monoisotopic (exact) mass is 760 g/mol. The molecule has 2 aliphatic rings. The zero-order valence-electron chi connectivity index (χ0n) is 33.3. The van der Waals surface area contributed by atoms with E-state index in [4.69, 9.17) is 14.6 Å². The van der Waals surface area contributed by atoms with Crippen LogP contribution in [-0.2, 0) is 30.4 Å². The fraction of sp³-hybridized carbons (Fsp3) is 0.658. The van der Waals surface area contributed by atoms with Gasteiger partial charge in [-0.15, -0.1) is 0 Å². The number of unbranched alkanes of at least 4 members (excludes halogenated alkanes) is 1. The van der Waals surface area contributed by atoms with Gasteiger partial charge in [0.1, 0.15) is 23.5 Å². The fourth-order valence-electron chi connectivity index (χ4n) is 5.82. The van der Waals surface area contributed by atoms with Crippen molar-refractivity contribution in [1.29, 1.82) is 0 Å². The summed E-state index contributed by atoms with van der Waals surface area (Å²) in [5.41, 5.74) is 0.665. The van der Waals surface area contributed by atoms with Gasteiger partial charge < -0.3 is 44.7 Å². The number of amides is 6. The summed E-state index contributed by atoms with van der Waals surface area (Å²) in [5.74, 6) is -1.00. The lowest BCUT2D eigenvalue weighted by atomic mass is 10.0. The van der Waals surface area contributed by atoms with E-state index in [1.165, 1.54) is 4.90 Å². The number of anilines is 1. The molecule has 0 bridgehead atoms. The first-order valence-electron chi connectivity index (χ1n) is 18.4. The average molecular weight is 761 g/mol. The molecule has 2 heterocycles. The van der Waals surface area contributed by atoms with Gasteiger partial charge in [0.25, 0.3) is 5.91 Å². The number of nitrogens with one attached hydrogen (secondary N) is 3. The predicted octanol–water partition coefficient (Wildman–Crippen LogP) is 4.83. The molecule has 0 saturated carbocycles. The number of imide groups is 1. The van der Waals surface area contributed by atoms with Crippen molar-refractivity contribution < 1.29 is 48.1 Å². The van der Waals surface area contributed by atoms with E-state index in [9.17, 15) is 33.6 Å². The Bertz CT molecular complexity index is 1490. The number of carbonyl (C=O) groups is 7. The Hall–Kier alpha value is -4.89. The molecule has 1 unspecified atom stereocenters. The minimum Gasteiger partial charge on any atom is -0.465 e. The first-order chi connectivity index (χ1) is 25.0. The maximum Gasteiger partial charge on any atom is 0.407 e. The molecule has 4 N–H and O–H groups in total. The molecule has 1 fully saturated rings. The van der Waals surface area contributed by atoms with E-state index >= 15 is 0 Å². The quantitative estimate of drug-likeness (QED) is 0.115. The van der Waals surface area contributed by atoms with E-state index in [0.29, 0.717) is 51.0 Å². The Kier molecular flexibility index (Phi) is 16.7. The van der Waals surface area contributed by atoms with Crippen molar-refractivity contribution in [2.75, 3.05) is 37.6 Å². The summed E-state index contributed by atoms with van der Waals surface area (Å²) in [6.45, 7) is 18.9. The largest absolute Gasteiger partial charge is 0.465 e. The maximum absolute atomic E-state index is 13.3. The van der Waals surface area contributed by atoms with Crippen molar-refractivity contribution in [3.8, 4) is 0 Å². The number of rotatable bonds is 14. The Balaban J connectivity index is 0.000000720. The molecule has 2 aliphatic heterocycles. The van der Waals surface area contributed by atoms with Crippen LogP contribution in [-0.4, -0.2) is 113 Å². The number of carboxylic acid groups (broad SMARTS) is 1. The van der Waals surface area contributed by atoms with Gasteiger partial charge in [-0.1, -0.05) is 6.07 Å². The van der Waals surface area contributed by atoms with Gasteiger partial charge in [-0.25, -0.2) is 14.4 Å². The molecule has 16 nitrogen and oxygen atoms in total. The van der Waals surface area contributed by atoms with Gasteiger partial charge in [0.05, 0.1) is 0 Å². The topological polar surface area (TPSA) is 204 Å². The molecule has 0 aromatic heterocycles. The summed E-state index contributed by atoms with van der Waals surface area (Å²) in [6, 6.07) is 4.86. The van der Waals surface area contributed by atoms with Crippen LogP contribution >= 0.6 is 0 Å². The van der Waals surface area contributed by atoms with Gasteiger partial charge >= 0.3 is 18.3 Å². The number of hydrogen-bond donors (Lipinski definition) is 4. The minimum absolute atomic E-state index is 0.192. The SMILES string of the molecule is CC(C)(C)N(CCC=O)C(=O)O.CC(C)(C)OC(=O)NCCCCN(CCCNC(=O)OC(C)(C)C)c1cccc2c1CN(C1CCC(=O)NC1=O)C2=O. The van der Waals surface area contributed by atoms with Crippen LogP contribution in [0, 0.1) is 0 Å². The van der Waals surface area contributed by atoms with Crippen molar-refractivity contribution in [1.82, 2.24) is 25.8 Å².